The molecule has 1 aliphatic rings. The van der Waals surface area contributed by atoms with Crippen molar-refractivity contribution in [2.75, 3.05) is 12.8 Å². The summed E-state index contributed by atoms with van der Waals surface area (Å²) in [5.74, 6) is -1.30. The molecule has 7 atom stereocenters. The quantitative estimate of drug-likeness (QED) is 0.234. The Kier molecular flexibility index (Phi) is 9.59. The Balaban J connectivity index is 1.89. The van der Waals surface area contributed by atoms with Gasteiger partial charge in [0.2, 0.25) is 0 Å². The molecule has 1 aromatic carbocycles. The highest BCUT2D eigenvalue weighted by atomic mass is 35.5. The van der Waals surface area contributed by atoms with E-state index in [1.165, 1.54) is 13.8 Å². The van der Waals surface area contributed by atoms with Crippen molar-refractivity contribution in [3.8, 4) is 5.75 Å². The average molecular weight is 577 g/mol. The van der Waals surface area contributed by atoms with Gasteiger partial charge in [0.15, 0.2) is 6.23 Å². The highest BCUT2D eigenvalue weighted by Crippen LogP contribution is 2.53. The van der Waals surface area contributed by atoms with E-state index in [9.17, 15) is 28.4 Å². The highest BCUT2D eigenvalue weighted by molar-refractivity contribution is 7.54. The lowest BCUT2D eigenvalue weighted by Crippen LogP contribution is -2.47. The number of esters is 1. The van der Waals surface area contributed by atoms with E-state index >= 15 is 0 Å². The third kappa shape index (κ3) is 6.73. The van der Waals surface area contributed by atoms with E-state index in [1.54, 1.807) is 44.2 Å². The van der Waals surface area contributed by atoms with E-state index < -0.39 is 72.9 Å². The van der Waals surface area contributed by atoms with Crippen LogP contribution in [0.15, 0.2) is 52.2 Å². The Morgan fingerprint density at radius 1 is 1.24 bits per heavy atom. The minimum absolute atomic E-state index is 0.202. The molecule has 2 heterocycles. The second-order valence-corrected chi connectivity index (χ2v) is 12.1. The number of carbonyl (C=O) groups excluding carboxylic acids is 1. The minimum Gasteiger partial charge on any atom is -0.463 e. The molecule has 1 aliphatic heterocycles. The Morgan fingerprint density at radius 3 is 2.47 bits per heavy atom. The molecule has 3 rings (SSSR count). The number of benzene rings is 1. The van der Waals surface area contributed by atoms with Crippen LogP contribution in [0.5, 0.6) is 5.75 Å². The number of aromatic nitrogens is 2. The molecule has 1 saturated heterocycles. The van der Waals surface area contributed by atoms with Crippen LogP contribution in [0.3, 0.4) is 0 Å². The van der Waals surface area contributed by atoms with Crippen LogP contribution >= 0.6 is 19.2 Å². The zero-order valence-electron chi connectivity index (χ0n) is 21.3. The summed E-state index contributed by atoms with van der Waals surface area (Å²) in [5.41, 5.74) is -1.62. The molecule has 11 nitrogen and oxygen atoms in total. The molecule has 1 fully saturated rings. The number of hydrogen-bond acceptors (Lipinski definition) is 9. The van der Waals surface area contributed by atoms with Gasteiger partial charge in [0.05, 0.1) is 24.3 Å². The molecule has 0 aliphatic carbocycles. The molecule has 1 aromatic heterocycles. The van der Waals surface area contributed by atoms with Crippen molar-refractivity contribution >= 4 is 25.2 Å². The number of hydrogen-bond donors (Lipinski definition) is 2. The maximum atomic E-state index is 14.2. The van der Waals surface area contributed by atoms with Gasteiger partial charge in [0, 0.05) is 12.3 Å². The van der Waals surface area contributed by atoms with E-state index in [-0.39, 0.29) is 11.9 Å². The second-order valence-electron chi connectivity index (χ2n) is 9.37. The molecule has 0 saturated carbocycles. The predicted octanol–water partition coefficient (Wildman–Crippen LogP) is 3.01. The lowest BCUT2D eigenvalue weighted by Gasteiger charge is -2.29. The topological polar surface area (TPSA) is 146 Å². The minimum atomic E-state index is -4.13. The van der Waals surface area contributed by atoms with Gasteiger partial charge in [-0.3, -0.25) is 23.7 Å². The van der Waals surface area contributed by atoms with Gasteiger partial charge in [-0.05, 0) is 32.9 Å². The zero-order valence-corrected chi connectivity index (χ0v) is 22.9. The Hall–Kier alpha value is -2.50. The number of rotatable bonds is 11. The fraction of sp³-hybridized carbons (Fsp3) is 0.542. The van der Waals surface area contributed by atoms with Crippen LogP contribution in [-0.4, -0.2) is 62.8 Å². The molecule has 0 spiro atoms. The normalized spacial score (nSPS) is 26.5. The molecule has 2 N–H and O–H groups in total. The van der Waals surface area contributed by atoms with Crippen LogP contribution in [-0.2, 0) is 23.4 Å². The van der Waals surface area contributed by atoms with Crippen LogP contribution < -0.4 is 15.8 Å². The van der Waals surface area contributed by atoms with Crippen LogP contribution in [0.4, 0.5) is 4.39 Å². The van der Waals surface area contributed by atoms with E-state index in [4.69, 9.17) is 30.1 Å². The summed E-state index contributed by atoms with van der Waals surface area (Å²) in [6.07, 6.45) is -5.59. The average Bonchev–Trinajstić information content (AvgIpc) is 3.10. The number of alkyl halides is 2. The number of nitrogens with zero attached hydrogens (tertiary/aromatic N) is 1. The van der Waals surface area contributed by atoms with Gasteiger partial charge in [0.1, 0.15) is 29.5 Å². The molecular weight excluding hydrogens is 546 g/mol. The van der Waals surface area contributed by atoms with Gasteiger partial charge < -0.3 is 19.1 Å². The fourth-order valence-electron chi connectivity index (χ4n) is 3.99. The number of para-hydroxylation sites is 1. The van der Waals surface area contributed by atoms with Crippen molar-refractivity contribution in [2.45, 2.75) is 63.2 Å². The van der Waals surface area contributed by atoms with Gasteiger partial charge in [-0.2, -0.15) is 0 Å². The maximum absolute atomic E-state index is 14.2. The number of H-pyrrole nitrogens is 1. The van der Waals surface area contributed by atoms with Crippen molar-refractivity contribution in [1.82, 2.24) is 9.55 Å². The van der Waals surface area contributed by atoms with Gasteiger partial charge in [-0.25, -0.2) is 13.8 Å². The van der Waals surface area contributed by atoms with Crippen molar-refractivity contribution in [3.63, 3.8) is 0 Å². The maximum Gasteiger partial charge on any atom is 0.380 e. The number of ether oxygens (including phenoxy) is 2. The molecule has 0 bridgehead atoms. The number of halogens is 2. The van der Waals surface area contributed by atoms with Gasteiger partial charge >= 0.3 is 19.3 Å². The molecule has 38 heavy (non-hydrogen) atoms. The van der Waals surface area contributed by atoms with Gasteiger partial charge in [0.25, 0.3) is 5.56 Å². The highest BCUT2D eigenvalue weighted by Gasteiger charge is 2.59. The van der Waals surface area contributed by atoms with Crippen molar-refractivity contribution in [3.05, 3.63) is 63.4 Å². The zero-order chi connectivity index (χ0) is 28.3. The lowest BCUT2D eigenvalue weighted by molar-refractivity contribution is -0.151. The summed E-state index contributed by atoms with van der Waals surface area (Å²) < 4.78 is 51.4. The smallest absolute Gasteiger partial charge is 0.380 e. The van der Waals surface area contributed by atoms with Crippen molar-refractivity contribution in [2.24, 2.45) is 5.92 Å². The second kappa shape index (κ2) is 12.1. The summed E-state index contributed by atoms with van der Waals surface area (Å²) in [7, 11) is -4.13. The summed E-state index contributed by atoms with van der Waals surface area (Å²) in [6, 6.07) is 9.13. The third-order valence-corrected chi connectivity index (χ3v) is 8.49. The molecular formula is C24H31ClFN2O9P. The standard InChI is InChI=1S/C24H31ClFN2O9P/c1-14(2)34-21(31)15(3)12-38(33,37-17-8-6-5-7-9-17)36-16(4)19-20(30)24(25,13-26)22(35-19)28-11-10-18(29)27-23(28)32/h5-11,14-16,19-20,22,30H,12-13H2,1-4H3,(H,27,29,32)/t15-,16+,19-,20+,22-,24?,38?/m1/s1. The molecule has 2 aromatic rings. The van der Waals surface area contributed by atoms with Crippen LogP contribution in [0, 0.1) is 5.92 Å². The van der Waals surface area contributed by atoms with Crippen LogP contribution in [0.1, 0.15) is 33.9 Å². The largest absolute Gasteiger partial charge is 0.463 e. The van der Waals surface area contributed by atoms with Crippen molar-refractivity contribution in [1.29, 1.82) is 0 Å². The van der Waals surface area contributed by atoms with Crippen molar-refractivity contribution < 1.29 is 37.4 Å². The molecule has 210 valence electrons. The Labute approximate surface area is 223 Å². The Bertz CT molecular complexity index is 1270. The third-order valence-electron chi connectivity index (χ3n) is 5.84. The number of nitrogens with one attached hydrogen (secondary N) is 1. The summed E-state index contributed by atoms with van der Waals surface area (Å²) in [4.78, 5) is 36.1. The van der Waals surface area contributed by atoms with E-state index in [0.717, 1.165) is 16.8 Å². The first-order valence-corrected chi connectivity index (χ1v) is 14.0. The fourth-order valence-corrected chi connectivity index (χ4v) is 6.37. The summed E-state index contributed by atoms with van der Waals surface area (Å²) in [6.45, 7) is 4.95. The molecule has 14 heteroatoms. The number of aromatic amines is 1. The summed E-state index contributed by atoms with van der Waals surface area (Å²) in [5, 5.41) is 10.9. The van der Waals surface area contributed by atoms with Crippen LogP contribution in [0.2, 0.25) is 0 Å². The first kappa shape index (κ1) is 30.0. The molecule has 0 amide bonds. The van der Waals surface area contributed by atoms with Crippen LogP contribution in [0.25, 0.3) is 0 Å². The monoisotopic (exact) mass is 576 g/mol. The lowest BCUT2D eigenvalue weighted by atomic mass is 9.97. The number of carbonyl (C=O) groups is 1. The van der Waals surface area contributed by atoms with E-state index in [0.29, 0.717) is 0 Å². The SMILES string of the molecule is CC(C)OC(=O)[C@H](C)CP(=O)(Oc1ccccc1)O[C@@H](C)[C@H]1O[C@@H](n2ccc(=O)[nH]c2=O)C(Cl)(CF)[C@H]1O. The number of aliphatic hydroxyl groups is 1. The number of aliphatic hydroxyl groups excluding tert-OH is 1. The van der Waals surface area contributed by atoms with E-state index in [1.807, 2.05) is 4.98 Å². The van der Waals surface area contributed by atoms with Gasteiger partial charge in [-0.1, -0.05) is 25.1 Å². The first-order chi connectivity index (χ1) is 17.8. The molecule has 0 radical (unpaired) electrons. The predicted molar refractivity (Wildman–Crippen MR) is 136 cm³/mol. The first-order valence-electron chi connectivity index (χ1n) is 11.9. The summed E-state index contributed by atoms with van der Waals surface area (Å²) >= 11 is 6.41. The Morgan fingerprint density at radius 2 is 1.89 bits per heavy atom. The molecule has 2 unspecified atom stereocenters. The van der Waals surface area contributed by atoms with Gasteiger partial charge in [-0.15, -0.1) is 11.6 Å². The van der Waals surface area contributed by atoms with E-state index in [2.05, 4.69) is 0 Å².